The lowest BCUT2D eigenvalue weighted by Gasteiger charge is -2.17. The smallest absolute Gasteiger partial charge is 0.235 e. The Kier molecular flexibility index (Phi) is 4.87. The number of anilines is 2. The molecule has 1 saturated heterocycles. The lowest BCUT2D eigenvalue weighted by Crippen LogP contribution is -2.25. The number of amides is 1. The number of benzene rings is 2. The van der Waals surface area contributed by atoms with E-state index >= 15 is 0 Å². The minimum Gasteiger partial charge on any atom is -0.326 e. The van der Waals surface area contributed by atoms with Gasteiger partial charge in [0.15, 0.2) is 0 Å². The minimum atomic E-state index is -3.20. The molecule has 1 amide bonds. The van der Waals surface area contributed by atoms with Gasteiger partial charge in [0.1, 0.15) is 0 Å². The standard InChI is InChI=1S/C20H20N4O3S/c25-20(15-16-3-7-18(8-4-16)23-12-1-11-21-23)22-17-5-9-19(10-6-17)24-13-2-14-28(24,26)27/h1,3-12H,2,13-15H2,(H,22,25). The molecule has 0 atom stereocenters. The monoisotopic (exact) mass is 396 g/mol. The van der Waals surface area contributed by atoms with Crippen LogP contribution < -0.4 is 9.62 Å². The molecular formula is C20H20N4O3S. The van der Waals surface area contributed by atoms with Gasteiger partial charge in [0.05, 0.1) is 23.5 Å². The average molecular weight is 396 g/mol. The maximum Gasteiger partial charge on any atom is 0.235 e. The Balaban J connectivity index is 1.37. The van der Waals surface area contributed by atoms with Crippen LogP contribution in [0.4, 0.5) is 11.4 Å². The highest BCUT2D eigenvalue weighted by molar-refractivity contribution is 7.93. The summed E-state index contributed by atoms with van der Waals surface area (Å²) >= 11 is 0. The molecule has 0 spiro atoms. The average Bonchev–Trinajstić information content (AvgIpc) is 3.32. The van der Waals surface area contributed by atoms with Crippen molar-refractivity contribution in [1.82, 2.24) is 9.78 Å². The van der Waals surface area contributed by atoms with Crippen molar-refractivity contribution >= 4 is 27.3 Å². The van der Waals surface area contributed by atoms with Gasteiger partial charge in [-0.25, -0.2) is 13.1 Å². The highest BCUT2D eigenvalue weighted by Crippen LogP contribution is 2.25. The topological polar surface area (TPSA) is 84.3 Å². The summed E-state index contributed by atoms with van der Waals surface area (Å²) in [6.07, 6.45) is 4.46. The van der Waals surface area contributed by atoms with Crippen molar-refractivity contribution in [3.05, 3.63) is 72.6 Å². The molecule has 0 saturated carbocycles. The molecular weight excluding hydrogens is 376 g/mol. The van der Waals surface area contributed by atoms with Crippen molar-refractivity contribution in [3.63, 3.8) is 0 Å². The zero-order valence-electron chi connectivity index (χ0n) is 15.2. The van der Waals surface area contributed by atoms with Crippen LogP contribution in [0.25, 0.3) is 5.69 Å². The zero-order valence-corrected chi connectivity index (χ0v) is 16.0. The summed E-state index contributed by atoms with van der Waals surface area (Å²) in [6, 6.07) is 16.4. The molecule has 2 heterocycles. The number of carbonyl (C=O) groups excluding carboxylic acids is 1. The molecule has 2 aromatic carbocycles. The van der Waals surface area contributed by atoms with Crippen LogP contribution in [0, 0.1) is 0 Å². The Labute approximate surface area is 163 Å². The fourth-order valence-electron chi connectivity index (χ4n) is 3.22. The Morgan fingerprint density at radius 2 is 1.75 bits per heavy atom. The second kappa shape index (κ2) is 7.47. The van der Waals surface area contributed by atoms with Gasteiger partial charge in [0, 0.05) is 24.6 Å². The molecule has 1 aliphatic rings. The van der Waals surface area contributed by atoms with Gasteiger partial charge < -0.3 is 5.32 Å². The molecule has 0 radical (unpaired) electrons. The first-order chi connectivity index (χ1) is 13.5. The Bertz CT molecular complexity index is 1060. The van der Waals surface area contributed by atoms with Gasteiger partial charge in [-0.1, -0.05) is 12.1 Å². The third-order valence-electron chi connectivity index (χ3n) is 4.61. The maximum absolute atomic E-state index is 12.3. The van der Waals surface area contributed by atoms with E-state index in [-0.39, 0.29) is 18.1 Å². The van der Waals surface area contributed by atoms with Crippen LogP contribution in [-0.2, 0) is 21.2 Å². The minimum absolute atomic E-state index is 0.131. The zero-order chi connectivity index (χ0) is 19.6. The third-order valence-corrected chi connectivity index (χ3v) is 6.48. The Hall–Kier alpha value is -3.13. The molecule has 0 bridgehead atoms. The van der Waals surface area contributed by atoms with Crippen molar-refractivity contribution < 1.29 is 13.2 Å². The number of carbonyl (C=O) groups is 1. The number of aromatic nitrogens is 2. The van der Waals surface area contributed by atoms with Gasteiger partial charge in [-0.2, -0.15) is 5.10 Å². The van der Waals surface area contributed by atoms with Gasteiger partial charge in [0.25, 0.3) is 0 Å². The van der Waals surface area contributed by atoms with E-state index in [9.17, 15) is 13.2 Å². The molecule has 0 aliphatic carbocycles. The fourth-order valence-corrected chi connectivity index (χ4v) is 4.78. The quantitative estimate of drug-likeness (QED) is 0.718. The molecule has 28 heavy (non-hydrogen) atoms. The Morgan fingerprint density at radius 3 is 2.36 bits per heavy atom. The molecule has 1 aliphatic heterocycles. The molecule has 7 nitrogen and oxygen atoms in total. The van der Waals surface area contributed by atoms with E-state index in [2.05, 4.69) is 10.4 Å². The first-order valence-corrected chi connectivity index (χ1v) is 10.6. The van der Waals surface area contributed by atoms with Crippen molar-refractivity contribution in [1.29, 1.82) is 0 Å². The van der Waals surface area contributed by atoms with Crippen molar-refractivity contribution in [2.45, 2.75) is 12.8 Å². The van der Waals surface area contributed by atoms with E-state index in [4.69, 9.17) is 0 Å². The number of nitrogens with one attached hydrogen (secondary N) is 1. The molecule has 8 heteroatoms. The van der Waals surface area contributed by atoms with Gasteiger partial charge in [-0.3, -0.25) is 9.10 Å². The number of rotatable bonds is 5. The predicted molar refractivity (Wildman–Crippen MR) is 108 cm³/mol. The first-order valence-electron chi connectivity index (χ1n) is 9.01. The lowest BCUT2D eigenvalue weighted by atomic mass is 10.1. The van der Waals surface area contributed by atoms with E-state index in [0.29, 0.717) is 24.3 Å². The molecule has 0 unspecified atom stereocenters. The molecule has 3 aromatic rings. The second-order valence-corrected chi connectivity index (χ2v) is 8.64. The number of hydrogen-bond donors (Lipinski definition) is 1. The van der Waals surface area contributed by atoms with Gasteiger partial charge >= 0.3 is 0 Å². The summed E-state index contributed by atoms with van der Waals surface area (Å²) in [4.78, 5) is 12.3. The van der Waals surface area contributed by atoms with E-state index in [1.54, 1.807) is 35.1 Å². The van der Waals surface area contributed by atoms with E-state index in [0.717, 1.165) is 11.3 Å². The highest BCUT2D eigenvalue weighted by Gasteiger charge is 2.28. The Morgan fingerprint density at radius 1 is 1.04 bits per heavy atom. The predicted octanol–water partition coefficient (Wildman–Crippen LogP) is 2.59. The SMILES string of the molecule is O=C(Cc1ccc(-n2cccn2)cc1)Nc1ccc(N2CCCS2(=O)=O)cc1. The number of nitrogens with zero attached hydrogens (tertiary/aromatic N) is 3. The van der Waals surface area contributed by atoms with Crippen molar-refractivity contribution in [2.24, 2.45) is 0 Å². The van der Waals surface area contributed by atoms with Gasteiger partial charge in [0.2, 0.25) is 15.9 Å². The summed E-state index contributed by atoms with van der Waals surface area (Å²) in [6.45, 7) is 0.503. The van der Waals surface area contributed by atoms with Crippen LogP contribution >= 0.6 is 0 Å². The summed E-state index contributed by atoms with van der Waals surface area (Å²) in [5.41, 5.74) is 3.10. The maximum atomic E-state index is 12.3. The summed E-state index contributed by atoms with van der Waals surface area (Å²) in [5.74, 6) is 0.0541. The number of hydrogen-bond acceptors (Lipinski definition) is 4. The first kappa shape index (κ1) is 18.2. The molecule has 4 rings (SSSR count). The molecule has 1 N–H and O–H groups in total. The molecule has 144 valence electrons. The van der Waals surface area contributed by atoms with E-state index in [1.165, 1.54) is 4.31 Å². The summed E-state index contributed by atoms with van der Waals surface area (Å²) < 4.78 is 27.1. The molecule has 1 fully saturated rings. The van der Waals surface area contributed by atoms with Crippen LogP contribution in [0.5, 0.6) is 0 Å². The summed E-state index contributed by atoms with van der Waals surface area (Å²) in [5, 5.41) is 7.02. The van der Waals surface area contributed by atoms with Crippen LogP contribution in [0.1, 0.15) is 12.0 Å². The normalized spacial score (nSPS) is 15.5. The molecule has 1 aromatic heterocycles. The van der Waals surface area contributed by atoms with E-state index in [1.807, 2.05) is 36.5 Å². The van der Waals surface area contributed by atoms with Crippen LogP contribution in [0.15, 0.2) is 67.0 Å². The second-order valence-electron chi connectivity index (χ2n) is 6.63. The van der Waals surface area contributed by atoms with Gasteiger partial charge in [-0.05, 0) is 54.4 Å². The van der Waals surface area contributed by atoms with Crippen LogP contribution in [-0.4, -0.2) is 36.4 Å². The van der Waals surface area contributed by atoms with Crippen molar-refractivity contribution in [2.75, 3.05) is 21.9 Å². The van der Waals surface area contributed by atoms with Gasteiger partial charge in [-0.15, -0.1) is 0 Å². The lowest BCUT2D eigenvalue weighted by molar-refractivity contribution is -0.115. The van der Waals surface area contributed by atoms with Crippen molar-refractivity contribution in [3.8, 4) is 5.69 Å². The summed E-state index contributed by atoms with van der Waals surface area (Å²) in [7, 11) is -3.20. The van der Waals surface area contributed by atoms with Crippen LogP contribution in [0.3, 0.4) is 0 Å². The van der Waals surface area contributed by atoms with E-state index < -0.39 is 10.0 Å². The fraction of sp³-hybridized carbons (Fsp3) is 0.200. The number of sulfonamides is 1. The van der Waals surface area contributed by atoms with Crippen LogP contribution in [0.2, 0.25) is 0 Å². The highest BCUT2D eigenvalue weighted by atomic mass is 32.2. The largest absolute Gasteiger partial charge is 0.326 e. The third kappa shape index (κ3) is 3.91.